The molecule has 41 heavy (non-hydrogen) atoms. The number of rotatable bonds is 10. The van der Waals surface area contributed by atoms with Crippen LogP contribution in [0.3, 0.4) is 0 Å². The van der Waals surface area contributed by atoms with Gasteiger partial charge in [-0.1, -0.05) is 95.7 Å². The highest BCUT2D eigenvalue weighted by Gasteiger charge is 2.20. The van der Waals surface area contributed by atoms with Gasteiger partial charge in [-0.3, -0.25) is 0 Å². The molecule has 0 bridgehead atoms. The third kappa shape index (κ3) is 6.60. The van der Waals surface area contributed by atoms with Gasteiger partial charge in [0.1, 0.15) is 18.1 Å². The minimum Gasteiger partial charge on any atom is -0.489 e. The molecule has 5 rings (SSSR count). The van der Waals surface area contributed by atoms with Crippen LogP contribution in [0.2, 0.25) is 5.02 Å². The first kappa shape index (κ1) is 29.1. The van der Waals surface area contributed by atoms with Crippen LogP contribution in [0.5, 0.6) is 5.75 Å². The van der Waals surface area contributed by atoms with Crippen molar-refractivity contribution in [3.63, 3.8) is 0 Å². The van der Waals surface area contributed by atoms with Crippen molar-refractivity contribution >= 4 is 50.9 Å². The van der Waals surface area contributed by atoms with E-state index in [0.717, 1.165) is 72.5 Å². The minimum absolute atomic E-state index is 0.190. The van der Waals surface area contributed by atoms with E-state index < -0.39 is 0 Å². The number of benzene rings is 4. The van der Waals surface area contributed by atoms with Crippen molar-refractivity contribution in [3.05, 3.63) is 118 Å². The van der Waals surface area contributed by atoms with Crippen LogP contribution in [0.1, 0.15) is 58.3 Å². The molecule has 5 nitrogen and oxygen atoms in total. The Morgan fingerprint density at radius 1 is 0.927 bits per heavy atom. The summed E-state index contributed by atoms with van der Waals surface area (Å²) in [5.74, 6) is 1.47. The predicted molar refractivity (Wildman–Crippen MR) is 172 cm³/mol. The van der Waals surface area contributed by atoms with Gasteiger partial charge in [-0.25, -0.2) is 4.79 Å². The number of alkyl halides is 1. The molecule has 0 aliphatic rings. The summed E-state index contributed by atoms with van der Waals surface area (Å²) in [4.78, 5) is 12.0. The lowest BCUT2D eigenvalue weighted by Gasteiger charge is -2.12. The Kier molecular flexibility index (Phi) is 9.30. The van der Waals surface area contributed by atoms with Crippen LogP contribution in [-0.4, -0.2) is 18.2 Å². The van der Waals surface area contributed by atoms with Crippen LogP contribution < -0.4 is 4.74 Å². The number of carbonyl (C=O) groups excluding carboxylic acids is 1. The first-order valence-electron chi connectivity index (χ1n) is 13.5. The molecule has 0 amide bonds. The molecule has 0 radical (unpaired) electrons. The first-order valence-corrected chi connectivity index (χ1v) is 15.4. The second kappa shape index (κ2) is 13.1. The minimum atomic E-state index is -0.343. The molecule has 1 heterocycles. The van der Waals surface area contributed by atoms with Crippen LogP contribution in [0.25, 0.3) is 21.9 Å². The van der Waals surface area contributed by atoms with Gasteiger partial charge in [0.2, 0.25) is 0 Å². The summed E-state index contributed by atoms with van der Waals surface area (Å²) in [6.45, 7) is 4.57. The molecular weight excluding hydrogens is 649 g/mol. The highest BCUT2D eigenvalue weighted by Crippen LogP contribution is 2.30. The largest absolute Gasteiger partial charge is 0.489 e. The lowest BCUT2D eigenvalue weighted by molar-refractivity contribution is 0.0601. The van der Waals surface area contributed by atoms with Crippen molar-refractivity contribution in [3.8, 4) is 16.9 Å². The van der Waals surface area contributed by atoms with E-state index in [0.29, 0.717) is 12.2 Å². The molecule has 0 aliphatic carbocycles. The highest BCUT2D eigenvalue weighted by molar-refractivity contribution is 14.1. The molecule has 0 aliphatic heterocycles. The van der Waals surface area contributed by atoms with Gasteiger partial charge >= 0.3 is 5.97 Å². The van der Waals surface area contributed by atoms with Gasteiger partial charge in [0, 0.05) is 15.4 Å². The molecule has 7 heteroatoms. The SMILES string of the molecule is COC(=O)c1ccc2ccc(-c3ccc(OCc4c(CCc5c(Cl)cccc5CI)noc4C(C)C)cc3)cc2c1. The molecule has 0 saturated heterocycles. The van der Waals surface area contributed by atoms with E-state index in [9.17, 15) is 4.79 Å². The molecule has 5 aromatic rings. The Balaban J connectivity index is 1.31. The topological polar surface area (TPSA) is 61.6 Å². The highest BCUT2D eigenvalue weighted by atomic mass is 127. The number of aromatic nitrogens is 1. The summed E-state index contributed by atoms with van der Waals surface area (Å²) in [6, 6.07) is 25.9. The van der Waals surface area contributed by atoms with Gasteiger partial charge in [0.05, 0.1) is 23.9 Å². The van der Waals surface area contributed by atoms with E-state index in [1.54, 1.807) is 6.07 Å². The number of nitrogens with zero attached hydrogens (tertiary/aromatic N) is 1. The maximum Gasteiger partial charge on any atom is 0.337 e. The zero-order valence-electron chi connectivity index (χ0n) is 23.2. The molecule has 210 valence electrons. The number of hydrogen-bond acceptors (Lipinski definition) is 5. The third-order valence-corrected chi connectivity index (χ3v) is 8.40. The fourth-order valence-corrected chi connectivity index (χ4v) is 5.99. The van der Waals surface area contributed by atoms with Gasteiger partial charge in [-0.2, -0.15) is 0 Å². The molecule has 0 unspecified atom stereocenters. The number of hydrogen-bond donors (Lipinski definition) is 0. The van der Waals surface area contributed by atoms with E-state index in [1.807, 2.05) is 48.5 Å². The van der Waals surface area contributed by atoms with Crippen molar-refractivity contribution in [2.45, 2.75) is 43.6 Å². The Morgan fingerprint density at radius 3 is 2.41 bits per heavy atom. The standard InChI is InChI=1S/C34H31ClINO4/c1-21(2)33-30(32(37-41-33)16-15-29-26(19-36)5-4-6-31(29)35)20-40-28-13-11-22(12-14-28)24-9-7-23-8-10-25(34(38)39-3)18-27(23)17-24/h4-14,17-18,21H,15-16,19-20H2,1-3H3. The van der Waals surface area contributed by atoms with E-state index in [1.165, 1.54) is 12.7 Å². The van der Waals surface area contributed by atoms with E-state index in [4.69, 9.17) is 25.6 Å². The van der Waals surface area contributed by atoms with Gasteiger partial charge in [-0.15, -0.1) is 0 Å². The number of ether oxygens (including phenoxy) is 2. The second-order valence-corrected chi connectivity index (χ2v) is 11.4. The van der Waals surface area contributed by atoms with E-state index in [-0.39, 0.29) is 11.9 Å². The van der Waals surface area contributed by atoms with Crippen LogP contribution in [0.4, 0.5) is 0 Å². The summed E-state index contributed by atoms with van der Waals surface area (Å²) >= 11 is 8.91. The Morgan fingerprint density at radius 2 is 1.68 bits per heavy atom. The van der Waals surface area contributed by atoms with Crippen molar-refractivity contribution < 1.29 is 18.8 Å². The van der Waals surface area contributed by atoms with Crippen molar-refractivity contribution in [1.82, 2.24) is 5.16 Å². The van der Waals surface area contributed by atoms with Crippen molar-refractivity contribution in [2.24, 2.45) is 0 Å². The number of fused-ring (bicyclic) bond motifs is 1. The Hall–Kier alpha value is -3.36. The molecule has 0 atom stereocenters. The number of methoxy groups -OCH3 is 1. The molecular formula is C34H31ClINO4. The van der Waals surface area contributed by atoms with Gasteiger partial charge < -0.3 is 14.0 Å². The monoisotopic (exact) mass is 679 g/mol. The summed E-state index contributed by atoms with van der Waals surface area (Å²) in [7, 11) is 1.39. The lowest BCUT2D eigenvalue weighted by Crippen LogP contribution is -2.04. The molecule has 0 fully saturated rings. The molecule has 1 aromatic heterocycles. The fourth-order valence-electron chi connectivity index (χ4n) is 4.98. The molecule has 0 N–H and O–H groups in total. The summed E-state index contributed by atoms with van der Waals surface area (Å²) < 4.78 is 17.8. The summed E-state index contributed by atoms with van der Waals surface area (Å²) in [5.41, 5.74) is 6.97. The average Bonchev–Trinajstić information content (AvgIpc) is 3.41. The number of halogens is 2. The number of aryl methyl sites for hydroxylation is 1. The van der Waals surface area contributed by atoms with Crippen molar-refractivity contribution in [2.75, 3.05) is 7.11 Å². The quantitative estimate of drug-likeness (QED) is 0.0837. The maximum absolute atomic E-state index is 12.0. The smallest absolute Gasteiger partial charge is 0.337 e. The van der Waals surface area contributed by atoms with Crippen molar-refractivity contribution in [1.29, 1.82) is 0 Å². The Bertz CT molecular complexity index is 1680. The van der Waals surface area contributed by atoms with Crippen LogP contribution in [0, 0.1) is 0 Å². The van der Waals surface area contributed by atoms with Crippen LogP contribution >= 0.6 is 34.2 Å². The maximum atomic E-state index is 12.0. The predicted octanol–water partition coefficient (Wildman–Crippen LogP) is 9.36. The molecule has 0 saturated carbocycles. The van der Waals surface area contributed by atoms with Crippen LogP contribution in [0.15, 0.2) is 83.4 Å². The second-order valence-electron chi connectivity index (χ2n) is 10.2. The average molecular weight is 680 g/mol. The number of carbonyl (C=O) groups is 1. The van der Waals surface area contributed by atoms with Crippen LogP contribution in [-0.2, 0) is 28.6 Å². The van der Waals surface area contributed by atoms with Gasteiger partial charge in [-0.05, 0) is 82.3 Å². The molecule has 0 spiro atoms. The Labute approximate surface area is 258 Å². The third-order valence-electron chi connectivity index (χ3n) is 7.23. The number of esters is 1. The lowest BCUT2D eigenvalue weighted by atomic mass is 9.99. The summed E-state index contributed by atoms with van der Waals surface area (Å²) in [6.07, 6.45) is 1.51. The first-order chi connectivity index (χ1) is 19.9. The van der Waals surface area contributed by atoms with E-state index >= 15 is 0 Å². The molecule has 4 aromatic carbocycles. The normalized spacial score (nSPS) is 11.3. The summed E-state index contributed by atoms with van der Waals surface area (Å²) in [5, 5.41) is 7.26. The van der Waals surface area contributed by atoms with Gasteiger partial charge in [0.15, 0.2) is 0 Å². The van der Waals surface area contributed by atoms with Gasteiger partial charge in [0.25, 0.3) is 0 Å². The van der Waals surface area contributed by atoms with E-state index in [2.05, 4.69) is 65.9 Å². The zero-order chi connectivity index (χ0) is 28.9. The fraction of sp³-hybridized carbons (Fsp3) is 0.235. The zero-order valence-corrected chi connectivity index (χ0v) is 26.2.